The van der Waals surface area contributed by atoms with E-state index in [2.05, 4.69) is 14.9 Å². The van der Waals surface area contributed by atoms with E-state index in [0.717, 1.165) is 18.7 Å². The van der Waals surface area contributed by atoms with Crippen LogP contribution in [0.4, 0.5) is 5.69 Å². The topological polar surface area (TPSA) is 87.7 Å². The highest BCUT2D eigenvalue weighted by atomic mass is 32.2. The second-order valence-corrected chi connectivity index (χ2v) is 9.59. The summed E-state index contributed by atoms with van der Waals surface area (Å²) in [4.78, 5) is 14.9. The van der Waals surface area contributed by atoms with Gasteiger partial charge in [0.05, 0.1) is 12.0 Å². The molecule has 0 saturated carbocycles. The van der Waals surface area contributed by atoms with Crippen molar-refractivity contribution in [1.29, 1.82) is 0 Å². The van der Waals surface area contributed by atoms with Crippen molar-refractivity contribution in [2.45, 2.75) is 37.6 Å². The number of hydrogen-bond donors (Lipinski definition) is 2. The van der Waals surface area contributed by atoms with Crippen molar-refractivity contribution in [2.75, 3.05) is 32.1 Å². The van der Waals surface area contributed by atoms with E-state index < -0.39 is 16.1 Å². The third kappa shape index (κ3) is 7.88. The van der Waals surface area contributed by atoms with Gasteiger partial charge in [0, 0.05) is 25.8 Å². The molecule has 8 heteroatoms. The van der Waals surface area contributed by atoms with Crippen LogP contribution in [-0.4, -0.2) is 47.6 Å². The summed E-state index contributed by atoms with van der Waals surface area (Å²) < 4.78 is 33.2. The number of benzene rings is 2. The molecule has 0 saturated heterocycles. The van der Waals surface area contributed by atoms with Gasteiger partial charge in [0.2, 0.25) is 15.9 Å². The van der Waals surface area contributed by atoms with Gasteiger partial charge >= 0.3 is 0 Å². The van der Waals surface area contributed by atoms with Gasteiger partial charge in [-0.2, -0.15) is 4.72 Å². The molecule has 0 spiro atoms. The molecule has 2 N–H and O–H groups in total. The fourth-order valence-corrected chi connectivity index (χ4v) is 4.36. The SMILES string of the molecule is COc1ccc(S(=O)(=O)NC(CC(C)C)C(=O)NCCCN(C)c2ccccc2)cc1. The van der Waals surface area contributed by atoms with Crippen molar-refractivity contribution in [3.63, 3.8) is 0 Å². The Kier molecular flexibility index (Phi) is 9.33. The van der Waals surface area contributed by atoms with Crippen molar-refractivity contribution >= 4 is 21.6 Å². The predicted octanol–water partition coefficient (Wildman–Crippen LogP) is 3.03. The lowest BCUT2D eigenvalue weighted by Crippen LogP contribution is -2.47. The minimum absolute atomic E-state index is 0.0966. The monoisotopic (exact) mass is 447 g/mol. The number of amides is 1. The molecular weight excluding hydrogens is 414 g/mol. The maximum atomic E-state index is 12.8. The summed E-state index contributed by atoms with van der Waals surface area (Å²) in [5.74, 6) is 0.405. The Morgan fingerprint density at radius 3 is 2.29 bits per heavy atom. The van der Waals surface area contributed by atoms with Crippen molar-refractivity contribution in [1.82, 2.24) is 10.0 Å². The van der Waals surface area contributed by atoms with E-state index in [-0.39, 0.29) is 16.7 Å². The first kappa shape index (κ1) is 24.7. The molecule has 2 aromatic carbocycles. The minimum atomic E-state index is -3.83. The Hall–Kier alpha value is -2.58. The zero-order valence-electron chi connectivity index (χ0n) is 18.7. The van der Waals surface area contributed by atoms with Gasteiger partial charge in [-0.1, -0.05) is 32.0 Å². The highest BCUT2D eigenvalue weighted by Gasteiger charge is 2.26. The Balaban J connectivity index is 1.93. The molecule has 0 aromatic heterocycles. The molecule has 0 fully saturated rings. The van der Waals surface area contributed by atoms with Crippen LogP contribution in [0.5, 0.6) is 5.75 Å². The van der Waals surface area contributed by atoms with Crippen LogP contribution >= 0.6 is 0 Å². The van der Waals surface area contributed by atoms with Crippen LogP contribution in [0.1, 0.15) is 26.7 Å². The molecule has 0 aliphatic carbocycles. The average molecular weight is 448 g/mol. The quantitative estimate of drug-likeness (QED) is 0.489. The van der Waals surface area contributed by atoms with E-state index in [1.165, 1.54) is 19.2 Å². The molecule has 7 nitrogen and oxygen atoms in total. The van der Waals surface area contributed by atoms with Crippen LogP contribution in [0.15, 0.2) is 59.5 Å². The smallest absolute Gasteiger partial charge is 0.241 e. The normalized spacial score (nSPS) is 12.4. The van der Waals surface area contributed by atoms with E-state index in [1.54, 1.807) is 12.1 Å². The molecule has 0 radical (unpaired) electrons. The predicted molar refractivity (Wildman–Crippen MR) is 124 cm³/mol. The number of para-hydroxylation sites is 1. The molecular formula is C23H33N3O4S. The molecule has 2 aromatic rings. The maximum absolute atomic E-state index is 12.8. The molecule has 0 heterocycles. The Morgan fingerprint density at radius 2 is 1.71 bits per heavy atom. The zero-order valence-corrected chi connectivity index (χ0v) is 19.5. The number of ether oxygens (including phenoxy) is 1. The fraction of sp³-hybridized carbons (Fsp3) is 0.435. The van der Waals surface area contributed by atoms with Crippen molar-refractivity contribution in [3.8, 4) is 5.75 Å². The van der Waals surface area contributed by atoms with Crippen LogP contribution in [-0.2, 0) is 14.8 Å². The molecule has 31 heavy (non-hydrogen) atoms. The standard InChI is InChI=1S/C23H33N3O4S/c1-18(2)17-22(25-31(28,29)21-13-11-20(30-4)12-14-21)23(27)24-15-8-16-26(3)19-9-6-5-7-10-19/h5-7,9-14,18,22,25H,8,15-17H2,1-4H3,(H,24,27). The van der Waals surface area contributed by atoms with Crippen LogP contribution in [0, 0.1) is 5.92 Å². The fourth-order valence-electron chi connectivity index (χ4n) is 3.15. The van der Waals surface area contributed by atoms with Crippen LogP contribution in [0.25, 0.3) is 0 Å². The molecule has 1 atom stereocenters. The molecule has 170 valence electrons. The summed E-state index contributed by atoms with van der Waals surface area (Å²) >= 11 is 0. The van der Waals surface area contributed by atoms with Crippen molar-refractivity contribution in [2.24, 2.45) is 5.92 Å². The molecule has 0 aliphatic heterocycles. The Morgan fingerprint density at radius 1 is 1.06 bits per heavy atom. The Labute approximate surface area is 185 Å². The van der Waals surface area contributed by atoms with Gasteiger partial charge in [0.15, 0.2) is 0 Å². The summed E-state index contributed by atoms with van der Waals surface area (Å²) in [6.45, 7) is 5.15. The van der Waals surface area contributed by atoms with E-state index in [9.17, 15) is 13.2 Å². The molecule has 0 aliphatic rings. The van der Waals surface area contributed by atoms with Crippen molar-refractivity contribution < 1.29 is 17.9 Å². The van der Waals surface area contributed by atoms with Gasteiger partial charge in [-0.25, -0.2) is 8.42 Å². The number of nitrogens with one attached hydrogen (secondary N) is 2. The number of carbonyl (C=O) groups is 1. The number of hydrogen-bond acceptors (Lipinski definition) is 5. The van der Waals surface area contributed by atoms with Gasteiger partial charge in [-0.05, 0) is 55.2 Å². The molecule has 2 rings (SSSR count). The number of carbonyl (C=O) groups excluding carboxylic acids is 1. The lowest BCUT2D eigenvalue weighted by molar-refractivity contribution is -0.123. The molecule has 1 amide bonds. The summed E-state index contributed by atoms with van der Waals surface area (Å²) in [5.41, 5.74) is 1.11. The largest absolute Gasteiger partial charge is 0.497 e. The highest BCUT2D eigenvalue weighted by molar-refractivity contribution is 7.89. The average Bonchev–Trinajstić information content (AvgIpc) is 2.76. The first-order valence-electron chi connectivity index (χ1n) is 10.4. The van der Waals surface area contributed by atoms with E-state index in [0.29, 0.717) is 18.7 Å². The lowest BCUT2D eigenvalue weighted by Gasteiger charge is -2.22. The minimum Gasteiger partial charge on any atom is -0.497 e. The summed E-state index contributed by atoms with van der Waals surface area (Å²) in [6.07, 6.45) is 1.15. The van der Waals surface area contributed by atoms with E-state index >= 15 is 0 Å². The maximum Gasteiger partial charge on any atom is 0.241 e. The third-order valence-electron chi connectivity index (χ3n) is 4.86. The van der Waals surface area contributed by atoms with E-state index in [4.69, 9.17) is 4.74 Å². The second-order valence-electron chi connectivity index (χ2n) is 7.88. The van der Waals surface area contributed by atoms with Crippen LogP contribution in [0.2, 0.25) is 0 Å². The summed E-state index contributed by atoms with van der Waals surface area (Å²) in [6, 6.07) is 15.3. The number of rotatable bonds is 12. The zero-order chi connectivity index (χ0) is 22.9. The third-order valence-corrected chi connectivity index (χ3v) is 6.34. The van der Waals surface area contributed by atoms with Gasteiger partial charge in [-0.15, -0.1) is 0 Å². The Bertz CT molecular complexity index is 916. The summed E-state index contributed by atoms with van der Waals surface area (Å²) in [7, 11) is -0.312. The lowest BCUT2D eigenvalue weighted by atomic mass is 10.0. The van der Waals surface area contributed by atoms with Gasteiger partial charge < -0.3 is 15.0 Å². The van der Waals surface area contributed by atoms with Gasteiger partial charge in [-0.3, -0.25) is 4.79 Å². The van der Waals surface area contributed by atoms with E-state index in [1.807, 2.05) is 51.2 Å². The van der Waals surface area contributed by atoms with Gasteiger partial charge in [0.25, 0.3) is 0 Å². The molecule has 0 bridgehead atoms. The number of nitrogens with zero attached hydrogens (tertiary/aromatic N) is 1. The first-order valence-corrected chi connectivity index (χ1v) is 11.9. The van der Waals surface area contributed by atoms with Crippen LogP contribution < -0.4 is 19.7 Å². The first-order chi connectivity index (χ1) is 14.7. The van der Waals surface area contributed by atoms with Crippen molar-refractivity contribution in [3.05, 3.63) is 54.6 Å². The number of sulfonamides is 1. The highest BCUT2D eigenvalue weighted by Crippen LogP contribution is 2.17. The van der Waals surface area contributed by atoms with Gasteiger partial charge in [0.1, 0.15) is 11.8 Å². The summed E-state index contributed by atoms with van der Waals surface area (Å²) in [5, 5.41) is 2.87. The molecule has 1 unspecified atom stereocenters. The second kappa shape index (κ2) is 11.7. The number of methoxy groups -OCH3 is 1. The number of anilines is 1. The van der Waals surface area contributed by atoms with Crippen LogP contribution in [0.3, 0.4) is 0 Å².